The summed E-state index contributed by atoms with van der Waals surface area (Å²) < 4.78 is 5.59. The van der Waals surface area contributed by atoms with Crippen molar-refractivity contribution in [3.05, 3.63) is 174 Å². The minimum absolute atomic E-state index is 0.0213. The van der Waals surface area contributed by atoms with E-state index in [4.69, 9.17) is 4.74 Å². The lowest BCUT2D eigenvalue weighted by Gasteiger charge is -2.31. The van der Waals surface area contributed by atoms with Gasteiger partial charge in [-0.3, -0.25) is 0 Å². The molecule has 0 amide bonds. The molecule has 0 bridgehead atoms. The molecular weight excluding hydrogens is 1200 g/mol. The largest absolute Gasteiger partial charge is 0.478 e. The van der Waals surface area contributed by atoms with Crippen LogP contribution in [-0.2, 0) is 30.4 Å². The first-order valence-electron chi connectivity index (χ1n) is 35.2. The fourth-order valence-corrected chi connectivity index (χ4v) is 14.5. The maximum absolute atomic E-state index is 12.6. The summed E-state index contributed by atoms with van der Waals surface area (Å²) in [5.41, 5.74) is 7.03. The number of hydrogen-bond acceptors (Lipinski definition) is 9. The number of aryl methyl sites for hydroxylation is 3. The third kappa shape index (κ3) is 22.2. The highest BCUT2D eigenvalue weighted by molar-refractivity contribution is 6.06. The molecule has 0 aromatic heterocycles. The second-order valence-corrected chi connectivity index (χ2v) is 26.7. The van der Waals surface area contributed by atoms with Crippen molar-refractivity contribution < 1.29 is 78.8 Å². The van der Waals surface area contributed by atoms with Crippen LogP contribution in [0.3, 0.4) is 0 Å². The molecule has 514 valence electrons. The number of carbonyl (C=O) groups excluding carboxylic acids is 1. The molecule has 5 aromatic carbocycles. The fraction of sp³-hybridized carbons (Fsp3) is 0.519. The first-order valence-corrected chi connectivity index (χ1v) is 35.2. The summed E-state index contributed by atoms with van der Waals surface area (Å²) in [5.74, 6) is -6.97. The smallest absolute Gasteiger partial charge is 0.339 e. The molecule has 4 fully saturated rings. The summed E-state index contributed by atoms with van der Waals surface area (Å²) in [6.45, 7) is 8.60. The van der Waals surface area contributed by atoms with Crippen molar-refractivity contribution in [3.63, 3.8) is 0 Å². The molecule has 5 aromatic rings. The monoisotopic (exact) mass is 1310 g/mol. The number of hydrogen-bond donors (Lipinski definition) is 7. The lowest BCUT2D eigenvalue weighted by Crippen LogP contribution is -2.23. The Morgan fingerprint density at radius 3 is 1.33 bits per heavy atom. The molecule has 4 saturated carbocycles. The first-order chi connectivity index (χ1) is 45.7. The summed E-state index contributed by atoms with van der Waals surface area (Å²) in [7, 11) is 0. The Bertz CT molecular complexity index is 3370. The third-order valence-electron chi connectivity index (χ3n) is 19.4. The van der Waals surface area contributed by atoms with Gasteiger partial charge in [0.2, 0.25) is 0 Å². The van der Waals surface area contributed by atoms with E-state index in [-0.39, 0.29) is 62.4 Å². The summed E-state index contributed by atoms with van der Waals surface area (Å²) in [5, 5.41) is 66.8. The molecule has 0 spiro atoms. The summed E-state index contributed by atoms with van der Waals surface area (Å²) in [6.07, 6.45) is 32.4. The van der Waals surface area contributed by atoms with Crippen LogP contribution in [0.15, 0.2) is 84.9 Å². The summed E-state index contributed by atoms with van der Waals surface area (Å²) in [6, 6.07) is 24.6. The topological polar surface area (TPSA) is 287 Å². The van der Waals surface area contributed by atoms with Gasteiger partial charge in [0, 0.05) is 0 Å². The van der Waals surface area contributed by atoms with Crippen molar-refractivity contribution in [1.82, 2.24) is 0 Å². The van der Waals surface area contributed by atoms with Crippen molar-refractivity contribution in [3.8, 4) is 0 Å². The highest BCUT2D eigenvalue weighted by Crippen LogP contribution is 2.44. The highest BCUT2D eigenvalue weighted by Gasteiger charge is 2.33. The molecule has 0 unspecified atom stereocenters. The van der Waals surface area contributed by atoms with Crippen LogP contribution in [0, 0.1) is 5.92 Å². The van der Waals surface area contributed by atoms with Gasteiger partial charge in [0.1, 0.15) is 6.10 Å². The number of aromatic carboxylic acids is 7. The van der Waals surface area contributed by atoms with E-state index in [1.54, 1.807) is 18.2 Å². The van der Waals surface area contributed by atoms with Crippen LogP contribution in [0.5, 0.6) is 0 Å². The van der Waals surface area contributed by atoms with Gasteiger partial charge in [0.25, 0.3) is 0 Å². The second kappa shape index (κ2) is 39.0. The summed E-state index contributed by atoms with van der Waals surface area (Å²) >= 11 is 0. The summed E-state index contributed by atoms with van der Waals surface area (Å²) in [4.78, 5) is 94.2. The Hall–Kier alpha value is -8.14. The van der Waals surface area contributed by atoms with Gasteiger partial charge >= 0.3 is 47.8 Å². The van der Waals surface area contributed by atoms with Crippen LogP contribution >= 0.6 is 0 Å². The predicted octanol–water partition coefficient (Wildman–Crippen LogP) is 19.3. The number of benzene rings is 5. The van der Waals surface area contributed by atoms with Crippen molar-refractivity contribution in [1.29, 1.82) is 0 Å². The first kappa shape index (κ1) is 75.9. The van der Waals surface area contributed by atoms with E-state index in [1.807, 2.05) is 48.5 Å². The molecular formula is C79H102O16. The standard InChI is InChI=1S/C22H32O4.C20H26O4.C19H20O4.C18H24O4/c1-16(2)10-5-3-6-11-17-12-9-15-19(20(17)21(23)24)22(25)26-18-13-7-4-8-14-18;21-19(22)16-12-11-15(13-7-3-1-4-8-13)17(18(16)20(23)24)14-9-5-2-6-10-14;1-2-3-9-14-10-11-15(18(20)21)17(19(22)23)16(14)12-13-7-5-4-6-8-13;1-2-3-7-13-10-11-14(17(19)20)16(18(21)22)15(13)12-8-5-4-6-9-12/h9,12,15-16,18H,3-8,10-11,13-14H2,1-2H3,(H,23,24);11-14H,1-10H2,(H,21,22)(H,23,24);4-8,10-11H,2-3,9,12H2,1H3,(H,20,21)(H,22,23);10-12H,2-9H2,1H3,(H,19,20)(H,21,22). The van der Waals surface area contributed by atoms with E-state index < -0.39 is 47.8 Å². The van der Waals surface area contributed by atoms with Crippen LogP contribution in [0.25, 0.3) is 0 Å². The van der Waals surface area contributed by atoms with Crippen LogP contribution in [0.4, 0.5) is 0 Å². The number of unbranched alkanes of at least 4 members (excludes halogenated alkanes) is 4. The number of rotatable bonds is 26. The molecule has 95 heavy (non-hydrogen) atoms. The van der Waals surface area contributed by atoms with E-state index in [0.29, 0.717) is 30.2 Å². The highest BCUT2D eigenvalue weighted by atomic mass is 16.5. The van der Waals surface area contributed by atoms with E-state index in [0.717, 1.165) is 187 Å². The fourth-order valence-electron chi connectivity index (χ4n) is 14.5. The average molecular weight is 1310 g/mol. The number of carbonyl (C=O) groups is 8. The lowest BCUT2D eigenvalue weighted by molar-refractivity contribution is 0.0205. The minimum atomic E-state index is -1.21. The molecule has 0 atom stereocenters. The molecule has 16 heteroatoms. The molecule has 0 aliphatic heterocycles. The third-order valence-corrected chi connectivity index (χ3v) is 19.4. The van der Waals surface area contributed by atoms with Crippen molar-refractivity contribution in [2.45, 2.75) is 257 Å². The van der Waals surface area contributed by atoms with Gasteiger partial charge in [-0.1, -0.05) is 185 Å². The molecule has 0 saturated heterocycles. The minimum Gasteiger partial charge on any atom is -0.478 e. The molecule has 7 N–H and O–H groups in total. The lowest BCUT2D eigenvalue weighted by atomic mass is 9.73. The number of carboxylic acids is 7. The molecule has 9 rings (SSSR count). The van der Waals surface area contributed by atoms with Crippen molar-refractivity contribution in [2.24, 2.45) is 5.92 Å². The molecule has 16 nitrogen and oxygen atoms in total. The van der Waals surface area contributed by atoms with Gasteiger partial charge < -0.3 is 40.5 Å². The van der Waals surface area contributed by atoms with Crippen LogP contribution in [0.1, 0.15) is 353 Å². The average Bonchev–Trinajstić information content (AvgIpc) is 0.793. The maximum Gasteiger partial charge on any atom is 0.339 e. The van der Waals surface area contributed by atoms with E-state index >= 15 is 0 Å². The molecule has 0 radical (unpaired) electrons. The Kier molecular flexibility index (Phi) is 31.2. The number of ether oxygens (including phenoxy) is 1. The number of carboxylic acid groups (broad SMARTS) is 7. The zero-order valence-corrected chi connectivity index (χ0v) is 56.4. The molecule has 4 aliphatic carbocycles. The van der Waals surface area contributed by atoms with Crippen LogP contribution < -0.4 is 0 Å². The number of esters is 1. The zero-order chi connectivity index (χ0) is 69.0. The van der Waals surface area contributed by atoms with Crippen molar-refractivity contribution in [2.75, 3.05) is 0 Å². The van der Waals surface area contributed by atoms with Gasteiger partial charge in [0.05, 0.1) is 44.5 Å². The Morgan fingerprint density at radius 1 is 0.389 bits per heavy atom. The Labute approximate surface area is 561 Å². The molecule has 0 heterocycles. The normalized spacial score (nSPS) is 15.4. The van der Waals surface area contributed by atoms with Crippen molar-refractivity contribution >= 4 is 47.8 Å². The molecule has 4 aliphatic rings. The predicted molar refractivity (Wildman–Crippen MR) is 368 cm³/mol. The van der Waals surface area contributed by atoms with E-state index in [1.165, 1.54) is 63.1 Å². The van der Waals surface area contributed by atoms with E-state index in [2.05, 4.69) is 27.7 Å². The zero-order valence-electron chi connectivity index (χ0n) is 56.4. The van der Waals surface area contributed by atoms with Crippen LogP contribution in [0.2, 0.25) is 0 Å². The Morgan fingerprint density at radius 2 is 0.832 bits per heavy atom. The van der Waals surface area contributed by atoms with Gasteiger partial charge in [-0.25, -0.2) is 38.4 Å². The Balaban J connectivity index is 0.000000201. The van der Waals surface area contributed by atoms with Gasteiger partial charge in [-0.15, -0.1) is 0 Å². The van der Waals surface area contributed by atoms with Gasteiger partial charge in [-0.05, 0) is 202 Å². The van der Waals surface area contributed by atoms with Gasteiger partial charge in [-0.2, -0.15) is 0 Å². The van der Waals surface area contributed by atoms with Gasteiger partial charge in [0.15, 0.2) is 0 Å². The SMILES string of the molecule is CC(C)CCCCCc1cccc(C(=O)OC2CCCCC2)c1C(=O)O.CCCCc1ccc(C(=O)O)c(C(=O)O)c1C1CCCCC1.CCCCc1ccc(C(=O)O)c(C(=O)O)c1Cc1ccccc1.O=C(O)c1ccc(C2CCCCC2)c(C2CCCCC2)c1C(=O)O. The second-order valence-electron chi connectivity index (χ2n) is 26.7. The van der Waals surface area contributed by atoms with Crippen LogP contribution in [-0.4, -0.2) is 89.6 Å². The maximum atomic E-state index is 12.6. The quantitative estimate of drug-likeness (QED) is 0.0200. The van der Waals surface area contributed by atoms with E-state index in [9.17, 15) is 74.1 Å².